The number of nitrogens with one attached hydrogen (secondary N) is 1. The van der Waals surface area contributed by atoms with E-state index in [1.165, 1.54) is 18.2 Å². The third-order valence-electron chi connectivity index (χ3n) is 3.18. The average Bonchev–Trinajstić information content (AvgIpc) is 3.09. The molecule has 1 aromatic carbocycles. The fourth-order valence-electron chi connectivity index (χ4n) is 2.16. The number of rotatable bonds is 3. The molecule has 0 heterocycles. The number of carbonyl (C=O) groups is 1. The van der Waals surface area contributed by atoms with E-state index in [1.807, 2.05) is 0 Å². The van der Waals surface area contributed by atoms with Crippen molar-refractivity contribution in [3.8, 4) is 0 Å². The van der Waals surface area contributed by atoms with E-state index in [4.69, 9.17) is 0 Å². The first-order valence-corrected chi connectivity index (χ1v) is 6.00. The van der Waals surface area contributed by atoms with Gasteiger partial charge in [-0.05, 0) is 37.5 Å². The number of halogens is 3. The molecule has 0 spiro atoms. The highest BCUT2D eigenvalue weighted by atomic mass is 19.4. The van der Waals surface area contributed by atoms with Crippen LogP contribution < -0.4 is 5.32 Å². The largest absolute Gasteiger partial charge is 0.416 e. The van der Waals surface area contributed by atoms with E-state index in [9.17, 15) is 18.0 Å². The highest BCUT2D eigenvalue weighted by Crippen LogP contribution is 2.49. The third-order valence-corrected chi connectivity index (χ3v) is 3.18. The number of carbonyl (C=O) groups excluding carboxylic acids is 1. The Morgan fingerprint density at radius 1 is 1.32 bits per heavy atom. The Labute approximate surface area is 109 Å². The summed E-state index contributed by atoms with van der Waals surface area (Å²) < 4.78 is 38.9. The van der Waals surface area contributed by atoms with Crippen LogP contribution in [0.3, 0.4) is 0 Å². The first-order chi connectivity index (χ1) is 8.89. The molecule has 0 atom stereocenters. The number of allylic oxidation sites excluding steroid dienone is 1. The van der Waals surface area contributed by atoms with Crippen molar-refractivity contribution in [3.05, 3.63) is 47.5 Å². The van der Waals surface area contributed by atoms with Gasteiger partial charge >= 0.3 is 6.18 Å². The van der Waals surface area contributed by atoms with E-state index < -0.39 is 17.3 Å². The van der Waals surface area contributed by atoms with Gasteiger partial charge in [-0.1, -0.05) is 24.3 Å². The minimum atomic E-state index is -4.41. The van der Waals surface area contributed by atoms with Crippen LogP contribution in [-0.4, -0.2) is 5.91 Å². The number of hydrogen-bond acceptors (Lipinski definition) is 1. The summed E-state index contributed by atoms with van der Waals surface area (Å²) in [4.78, 5) is 11.6. The third kappa shape index (κ3) is 2.80. The zero-order chi connectivity index (χ0) is 14.1. The summed E-state index contributed by atoms with van der Waals surface area (Å²) >= 11 is 0. The molecule has 0 unspecified atom stereocenters. The molecule has 1 amide bonds. The number of hydrogen-bond donors (Lipinski definition) is 1. The van der Waals surface area contributed by atoms with E-state index in [0.717, 1.165) is 6.07 Å². The monoisotopic (exact) mass is 269 g/mol. The van der Waals surface area contributed by atoms with Gasteiger partial charge in [0.15, 0.2) is 0 Å². The lowest BCUT2D eigenvalue weighted by Crippen LogP contribution is -2.35. The molecular formula is C14H14F3NO. The summed E-state index contributed by atoms with van der Waals surface area (Å²) in [6, 6.07) is 5.41. The van der Waals surface area contributed by atoms with Gasteiger partial charge in [0.2, 0.25) is 5.91 Å². The van der Waals surface area contributed by atoms with Crippen molar-refractivity contribution in [1.29, 1.82) is 0 Å². The topological polar surface area (TPSA) is 29.1 Å². The number of amides is 1. The molecule has 0 saturated heterocycles. The van der Waals surface area contributed by atoms with E-state index in [1.54, 1.807) is 19.1 Å². The van der Waals surface area contributed by atoms with Gasteiger partial charge in [-0.3, -0.25) is 4.79 Å². The molecular weight excluding hydrogens is 255 g/mol. The van der Waals surface area contributed by atoms with Crippen LogP contribution in [0.25, 0.3) is 0 Å². The molecule has 1 aliphatic rings. The van der Waals surface area contributed by atoms with Crippen LogP contribution in [0.15, 0.2) is 36.4 Å². The van der Waals surface area contributed by atoms with Gasteiger partial charge in [-0.2, -0.15) is 13.2 Å². The molecule has 19 heavy (non-hydrogen) atoms. The lowest BCUT2D eigenvalue weighted by molar-refractivity contribution is -0.138. The average molecular weight is 269 g/mol. The summed E-state index contributed by atoms with van der Waals surface area (Å²) in [5.41, 5.74) is -1.38. The summed E-state index contributed by atoms with van der Waals surface area (Å²) in [7, 11) is 0. The van der Waals surface area contributed by atoms with Gasteiger partial charge < -0.3 is 5.32 Å². The van der Waals surface area contributed by atoms with Crippen molar-refractivity contribution in [1.82, 2.24) is 5.32 Å². The standard InChI is InChI=1S/C14H14F3NO/c1-2-5-12(19)18-13(8-9-13)10-6-3-4-7-11(10)14(15,16)17/h2-7H,8-9H2,1H3,(H,18,19)/b5-2+. The van der Waals surface area contributed by atoms with E-state index in [2.05, 4.69) is 5.32 Å². The smallest absolute Gasteiger partial charge is 0.343 e. The second-order valence-electron chi connectivity index (χ2n) is 4.61. The van der Waals surface area contributed by atoms with Crippen molar-refractivity contribution in [2.24, 2.45) is 0 Å². The van der Waals surface area contributed by atoms with E-state index >= 15 is 0 Å². The number of benzene rings is 1. The Balaban J connectivity index is 2.34. The molecule has 0 aliphatic heterocycles. The molecule has 0 radical (unpaired) electrons. The second kappa shape index (κ2) is 4.72. The van der Waals surface area contributed by atoms with Crippen molar-refractivity contribution >= 4 is 5.91 Å². The lowest BCUT2D eigenvalue weighted by atomic mass is 9.97. The fourth-order valence-corrected chi connectivity index (χ4v) is 2.16. The maximum Gasteiger partial charge on any atom is 0.416 e. The minimum Gasteiger partial charge on any atom is -0.343 e. The van der Waals surface area contributed by atoms with E-state index in [-0.39, 0.29) is 11.5 Å². The molecule has 1 saturated carbocycles. The molecule has 5 heteroatoms. The molecule has 1 aliphatic carbocycles. The molecule has 1 fully saturated rings. The lowest BCUT2D eigenvalue weighted by Gasteiger charge is -2.21. The van der Waals surface area contributed by atoms with Gasteiger partial charge in [0, 0.05) is 0 Å². The van der Waals surface area contributed by atoms with Gasteiger partial charge in [0.25, 0.3) is 0 Å². The van der Waals surface area contributed by atoms with Gasteiger partial charge in [0.05, 0.1) is 11.1 Å². The van der Waals surface area contributed by atoms with Crippen molar-refractivity contribution in [3.63, 3.8) is 0 Å². The van der Waals surface area contributed by atoms with Crippen LogP contribution in [0.5, 0.6) is 0 Å². The van der Waals surface area contributed by atoms with Crippen LogP contribution in [0, 0.1) is 0 Å². The fraction of sp³-hybridized carbons (Fsp3) is 0.357. The van der Waals surface area contributed by atoms with E-state index in [0.29, 0.717) is 12.8 Å². The predicted octanol–water partition coefficient (Wildman–Crippen LogP) is 3.39. The van der Waals surface area contributed by atoms with Crippen molar-refractivity contribution in [2.45, 2.75) is 31.5 Å². The maximum atomic E-state index is 13.0. The Bertz CT molecular complexity index is 516. The molecule has 2 nitrogen and oxygen atoms in total. The zero-order valence-corrected chi connectivity index (χ0v) is 10.4. The summed E-state index contributed by atoms with van der Waals surface area (Å²) in [5, 5.41) is 2.67. The predicted molar refractivity (Wildman–Crippen MR) is 65.3 cm³/mol. The first-order valence-electron chi connectivity index (χ1n) is 6.00. The Kier molecular flexibility index (Phi) is 3.39. The van der Waals surface area contributed by atoms with Gasteiger partial charge in [0.1, 0.15) is 0 Å². The zero-order valence-electron chi connectivity index (χ0n) is 10.4. The van der Waals surface area contributed by atoms with Crippen LogP contribution in [-0.2, 0) is 16.5 Å². The highest BCUT2D eigenvalue weighted by molar-refractivity contribution is 5.88. The van der Waals surface area contributed by atoms with Crippen molar-refractivity contribution < 1.29 is 18.0 Å². The van der Waals surface area contributed by atoms with Crippen molar-refractivity contribution in [2.75, 3.05) is 0 Å². The molecule has 0 aromatic heterocycles. The van der Waals surface area contributed by atoms with Gasteiger partial charge in [-0.25, -0.2) is 0 Å². The van der Waals surface area contributed by atoms with Crippen LogP contribution in [0.2, 0.25) is 0 Å². The summed E-state index contributed by atoms with van der Waals surface area (Å²) in [5.74, 6) is -0.364. The van der Waals surface area contributed by atoms with Crippen LogP contribution in [0.1, 0.15) is 30.9 Å². The quantitative estimate of drug-likeness (QED) is 0.837. The summed E-state index contributed by atoms with van der Waals surface area (Å²) in [6.45, 7) is 1.68. The van der Waals surface area contributed by atoms with Crippen LogP contribution in [0.4, 0.5) is 13.2 Å². The Hall–Kier alpha value is -1.78. The number of alkyl halides is 3. The Morgan fingerprint density at radius 3 is 2.47 bits per heavy atom. The maximum absolute atomic E-state index is 13.0. The normalized spacial score (nSPS) is 17.5. The Morgan fingerprint density at radius 2 is 1.95 bits per heavy atom. The summed E-state index contributed by atoms with van der Waals surface area (Å²) in [6.07, 6.45) is -0.471. The molecule has 1 N–H and O–H groups in total. The SMILES string of the molecule is C/C=C/C(=O)NC1(c2ccccc2C(F)(F)F)CC1. The molecule has 1 aromatic rings. The molecule has 2 rings (SSSR count). The molecule has 0 bridgehead atoms. The van der Waals surface area contributed by atoms with Gasteiger partial charge in [-0.15, -0.1) is 0 Å². The van der Waals surface area contributed by atoms with Crippen LogP contribution >= 0.6 is 0 Å². The first kappa shape index (κ1) is 13.6. The second-order valence-corrected chi connectivity index (χ2v) is 4.61. The molecule has 102 valence electrons. The highest BCUT2D eigenvalue weighted by Gasteiger charge is 2.49. The minimum absolute atomic E-state index is 0.153.